The minimum Gasteiger partial charge on any atom is -0.493 e. The van der Waals surface area contributed by atoms with Crippen molar-refractivity contribution in [2.75, 3.05) is 19.7 Å². The third-order valence-corrected chi connectivity index (χ3v) is 3.48. The summed E-state index contributed by atoms with van der Waals surface area (Å²) in [6, 6.07) is 7.77. The van der Waals surface area contributed by atoms with Gasteiger partial charge in [0.2, 0.25) is 0 Å². The van der Waals surface area contributed by atoms with Gasteiger partial charge in [0.05, 0.1) is 6.61 Å². The van der Waals surface area contributed by atoms with E-state index in [9.17, 15) is 5.11 Å². The molecule has 94 valence electrons. The van der Waals surface area contributed by atoms with E-state index in [1.54, 1.807) is 0 Å². The minimum atomic E-state index is -0.815. The van der Waals surface area contributed by atoms with Crippen molar-refractivity contribution < 1.29 is 9.84 Å². The van der Waals surface area contributed by atoms with Crippen molar-refractivity contribution >= 4 is 0 Å². The Balaban J connectivity index is 2.24. The van der Waals surface area contributed by atoms with Crippen LogP contribution >= 0.6 is 0 Å². The third-order valence-electron chi connectivity index (χ3n) is 3.48. The van der Waals surface area contributed by atoms with Gasteiger partial charge in [0.25, 0.3) is 0 Å². The number of benzene rings is 1. The van der Waals surface area contributed by atoms with E-state index >= 15 is 0 Å². The highest BCUT2D eigenvalue weighted by Gasteiger charge is 2.41. The number of fused-ring (bicyclic) bond motifs is 1. The van der Waals surface area contributed by atoms with Crippen LogP contribution in [0.15, 0.2) is 24.3 Å². The SMILES string of the molecule is CCCNCC1(O)c2ccccc2OCC1C. The maximum Gasteiger partial charge on any atom is 0.125 e. The van der Waals surface area contributed by atoms with Crippen LogP contribution in [0.1, 0.15) is 25.8 Å². The monoisotopic (exact) mass is 235 g/mol. The summed E-state index contributed by atoms with van der Waals surface area (Å²) < 4.78 is 5.65. The smallest absolute Gasteiger partial charge is 0.125 e. The molecule has 2 rings (SSSR count). The van der Waals surface area contributed by atoms with Gasteiger partial charge in [0.1, 0.15) is 11.4 Å². The topological polar surface area (TPSA) is 41.5 Å². The van der Waals surface area contributed by atoms with Crippen LogP contribution in [0, 0.1) is 5.92 Å². The molecule has 3 heteroatoms. The molecule has 2 unspecified atom stereocenters. The van der Waals surface area contributed by atoms with Crippen molar-refractivity contribution in [1.29, 1.82) is 0 Å². The van der Waals surface area contributed by atoms with Gasteiger partial charge in [-0.3, -0.25) is 0 Å². The lowest BCUT2D eigenvalue weighted by Gasteiger charge is -2.39. The van der Waals surface area contributed by atoms with Crippen LogP contribution in [-0.4, -0.2) is 24.8 Å². The molecule has 2 N–H and O–H groups in total. The Morgan fingerprint density at radius 3 is 3.00 bits per heavy atom. The lowest BCUT2D eigenvalue weighted by Crippen LogP contribution is -2.48. The van der Waals surface area contributed by atoms with E-state index in [4.69, 9.17) is 4.74 Å². The van der Waals surface area contributed by atoms with E-state index in [1.165, 1.54) is 0 Å². The lowest BCUT2D eigenvalue weighted by molar-refractivity contribution is -0.0496. The van der Waals surface area contributed by atoms with Crippen molar-refractivity contribution in [3.63, 3.8) is 0 Å². The second-order valence-corrected chi connectivity index (χ2v) is 4.81. The number of hydrogen-bond acceptors (Lipinski definition) is 3. The maximum atomic E-state index is 10.9. The average molecular weight is 235 g/mol. The van der Waals surface area contributed by atoms with Gasteiger partial charge in [0.15, 0.2) is 0 Å². The van der Waals surface area contributed by atoms with Crippen molar-refractivity contribution in [1.82, 2.24) is 5.32 Å². The second kappa shape index (κ2) is 5.07. The summed E-state index contributed by atoms with van der Waals surface area (Å²) in [6.07, 6.45) is 1.07. The molecule has 3 nitrogen and oxygen atoms in total. The molecule has 0 fully saturated rings. The Morgan fingerprint density at radius 2 is 2.24 bits per heavy atom. The second-order valence-electron chi connectivity index (χ2n) is 4.81. The Bertz CT molecular complexity index is 380. The van der Waals surface area contributed by atoms with Crippen molar-refractivity contribution in [3.05, 3.63) is 29.8 Å². The lowest BCUT2D eigenvalue weighted by atomic mass is 9.80. The van der Waals surface area contributed by atoms with E-state index in [0.29, 0.717) is 13.2 Å². The highest BCUT2D eigenvalue weighted by molar-refractivity contribution is 5.40. The number of rotatable bonds is 4. The molecular formula is C14H21NO2. The Morgan fingerprint density at radius 1 is 1.47 bits per heavy atom. The van der Waals surface area contributed by atoms with Gasteiger partial charge in [-0.05, 0) is 19.0 Å². The molecule has 0 spiro atoms. The standard InChI is InChI=1S/C14H21NO2/c1-3-8-15-10-14(16)11(2)9-17-13-7-5-4-6-12(13)14/h4-7,11,15-16H,3,8-10H2,1-2H3. The van der Waals surface area contributed by atoms with E-state index in [-0.39, 0.29) is 5.92 Å². The molecule has 1 aliphatic heterocycles. The molecule has 0 radical (unpaired) electrons. The fraction of sp³-hybridized carbons (Fsp3) is 0.571. The molecule has 1 aromatic carbocycles. The Kier molecular flexibility index (Phi) is 3.69. The summed E-state index contributed by atoms with van der Waals surface area (Å²) in [7, 11) is 0. The van der Waals surface area contributed by atoms with Gasteiger partial charge in [-0.2, -0.15) is 0 Å². The number of nitrogens with one attached hydrogen (secondary N) is 1. The highest BCUT2D eigenvalue weighted by Crippen LogP contribution is 2.39. The minimum absolute atomic E-state index is 0.0988. The molecule has 0 saturated carbocycles. The van der Waals surface area contributed by atoms with Crippen molar-refractivity contribution in [2.24, 2.45) is 5.92 Å². The molecule has 2 atom stereocenters. The van der Waals surface area contributed by atoms with Gasteiger partial charge in [0, 0.05) is 18.0 Å². The highest BCUT2D eigenvalue weighted by atomic mass is 16.5. The predicted octanol–water partition coefficient (Wildman–Crippen LogP) is 1.90. The van der Waals surface area contributed by atoms with Crippen LogP contribution < -0.4 is 10.1 Å². The fourth-order valence-corrected chi connectivity index (χ4v) is 2.29. The zero-order chi connectivity index (χ0) is 12.3. The predicted molar refractivity (Wildman–Crippen MR) is 68.2 cm³/mol. The van der Waals surface area contributed by atoms with E-state index < -0.39 is 5.60 Å². The molecule has 1 aromatic rings. The number of para-hydroxylation sites is 1. The molecular weight excluding hydrogens is 214 g/mol. The van der Waals surface area contributed by atoms with Gasteiger partial charge in [-0.1, -0.05) is 32.0 Å². The van der Waals surface area contributed by atoms with Crippen LogP contribution in [0.2, 0.25) is 0 Å². The zero-order valence-electron chi connectivity index (χ0n) is 10.6. The molecule has 0 amide bonds. The van der Waals surface area contributed by atoms with Gasteiger partial charge < -0.3 is 15.2 Å². The molecule has 0 aliphatic carbocycles. The van der Waals surface area contributed by atoms with E-state index in [2.05, 4.69) is 12.2 Å². The fourth-order valence-electron chi connectivity index (χ4n) is 2.29. The van der Waals surface area contributed by atoms with Crippen molar-refractivity contribution in [3.8, 4) is 5.75 Å². The summed E-state index contributed by atoms with van der Waals surface area (Å²) in [6.45, 7) is 6.24. The molecule has 17 heavy (non-hydrogen) atoms. The summed E-state index contributed by atoms with van der Waals surface area (Å²) in [5.74, 6) is 0.910. The Hall–Kier alpha value is -1.06. The normalized spacial score (nSPS) is 27.4. The summed E-state index contributed by atoms with van der Waals surface area (Å²) in [5, 5.41) is 14.2. The molecule has 1 aliphatic rings. The first-order valence-corrected chi connectivity index (χ1v) is 6.34. The van der Waals surface area contributed by atoms with Crippen LogP contribution in [0.4, 0.5) is 0 Å². The zero-order valence-corrected chi connectivity index (χ0v) is 10.6. The molecule has 0 bridgehead atoms. The van der Waals surface area contributed by atoms with Crippen LogP contribution in [-0.2, 0) is 5.60 Å². The van der Waals surface area contributed by atoms with Gasteiger partial charge in [-0.15, -0.1) is 0 Å². The quantitative estimate of drug-likeness (QED) is 0.783. The molecule has 0 saturated heterocycles. The van der Waals surface area contributed by atoms with Crippen LogP contribution in [0.5, 0.6) is 5.75 Å². The van der Waals surface area contributed by atoms with E-state index in [1.807, 2.05) is 31.2 Å². The summed E-state index contributed by atoms with van der Waals surface area (Å²) in [5.41, 5.74) is 0.0895. The number of ether oxygens (including phenoxy) is 1. The van der Waals surface area contributed by atoms with Crippen LogP contribution in [0.3, 0.4) is 0 Å². The first-order valence-electron chi connectivity index (χ1n) is 6.34. The van der Waals surface area contributed by atoms with Crippen LogP contribution in [0.25, 0.3) is 0 Å². The largest absolute Gasteiger partial charge is 0.493 e. The van der Waals surface area contributed by atoms with Gasteiger partial charge >= 0.3 is 0 Å². The average Bonchev–Trinajstić information content (AvgIpc) is 2.35. The summed E-state index contributed by atoms with van der Waals surface area (Å²) >= 11 is 0. The van der Waals surface area contributed by atoms with E-state index in [0.717, 1.165) is 24.3 Å². The van der Waals surface area contributed by atoms with Crippen molar-refractivity contribution in [2.45, 2.75) is 25.9 Å². The molecule has 0 aromatic heterocycles. The van der Waals surface area contributed by atoms with Gasteiger partial charge in [-0.25, -0.2) is 0 Å². The maximum absolute atomic E-state index is 10.9. The third kappa shape index (κ3) is 2.31. The number of hydrogen-bond donors (Lipinski definition) is 2. The molecule has 1 heterocycles. The Labute approximate surface area is 103 Å². The first-order chi connectivity index (χ1) is 8.18. The number of aliphatic hydroxyl groups is 1. The summed E-state index contributed by atoms with van der Waals surface area (Å²) in [4.78, 5) is 0. The first kappa shape index (κ1) is 12.4.